The third-order valence-corrected chi connectivity index (χ3v) is 9.77. The van der Waals surface area contributed by atoms with Crippen LogP contribution < -0.4 is 14.4 Å². The molecule has 12 heteroatoms. The SMILES string of the molecule is [2H]C([2H])(F)Oc1c(F)ccc2cccc(-c3ncc4c(N5CCCC[C@H]6[C@H](F)[C@H]65)nc(OC([2H])([2H])[C@@]56CCCN5C[C@H](F)C6)nc4c3F)c12. The van der Waals surface area contributed by atoms with E-state index in [-0.39, 0.29) is 57.6 Å². The molecule has 1 aliphatic carbocycles. The maximum atomic E-state index is 16.9. The van der Waals surface area contributed by atoms with Crippen LogP contribution in [0.4, 0.5) is 27.8 Å². The third-order valence-electron chi connectivity index (χ3n) is 9.77. The fraction of sp³-hybridized carbons (Fsp3) is 0.485. The first-order valence-corrected chi connectivity index (χ1v) is 15.2. The van der Waals surface area contributed by atoms with Gasteiger partial charge in [-0.1, -0.05) is 30.7 Å². The summed E-state index contributed by atoms with van der Waals surface area (Å²) in [5, 5.41) is 0.233. The average Bonchev–Trinajstić information content (AvgIpc) is 3.40. The first kappa shape index (κ1) is 24.4. The van der Waals surface area contributed by atoms with E-state index >= 15 is 13.2 Å². The van der Waals surface area contributed by atoms with Crippen molar-refractivity contribution in [2.45, 2.75) is 62.4 Å². The summed E-state index contributed by atoms with van der Waals surface area (Å²) in [5.41, 5.74) is -2.06. The minimum atomic E-state index is -3.76. The van der Waals surface area contributed by atoms with E-state index in [0.717, 1.165) is 12.5 Å². The van der Waals surface area contributed by atoms with Crippen molar-refractivity contribution in [2.75, 3.05) is 37.9 Å². The molecule has 5 atom stereocenters. The number of rotatable bonds is 7. The number of nitrogens with zero attached hydrogens (tertiary/aromatic N) is 5. The van der Waals surface area contributed by atoms with Crippen LogP contribution in [0.5, 0.6) is 11.8 Å². The van der Waals surface area contributed by atoms with Crippen LogP contribution in [0.25, 0.3) is 32.9 Å². The normalized spacial score (nSPS) is 29.8. The Morgan fingerprint density at radius 2 is 1.93 bits per heavy atom. The summed E-state index contributed by atoms with van der Waals surface area (Å²) in [6.07, 6.45) is 1.94. The van der Waals surface area contributed by atoms with Gasteiger partial charge in [0.25, 0.3) is 0 Å². The molecule has 0 radical (unpaired) electrons. The Labute approximate surface area is 262 Å². The van der Waals surface area contributed by atoms with Crippen molar-refractivity contribution in [2.24, 2.45) is 5.92 Å². The van der Waals surface area contributed by atoms with Crippen molar-refractivity contribution in [3.05, 3.63) is 48.2 Å². The molecule has 0 spiro atoms. The first-order chi connectivity index (χ1) is 23.3. The Hall–Kier alpha value is -3.80. The smallest absolute Gasteiger partial charge is 0.319 e. The number of aromatic nitrogens is 3. The zero-order valence-corrected chi connectivity index (χ0v) is 24.1. The highest BCUT2D eigenvalue weighted by molar-refractivity contribution is 6.02. The number of alkyl halides is 3. The van der Waals surface area contributed by atoms with Gasteiger partial charge in [0.1, 0.15) is 38.7 Å². The molecule has 45 heavy (non-hydrogen) atoms. The predicted octanol–water partition coefficient (Wildman–Crippen LogP) is 6.71. The molecule has 0 bridgehead atoms. The van der Waals surface area contributed by atoms with Gasteiger partial charge in [0, 0.05) is 42.6 Å². The van der Waals surface area contributed by atoms with E-state index in [1.807, 2.05) is 0 Å². The molecule has 1 saturated carbocycles. The highest BCUT2D eigenvalue weighted by Gasteiger charge is 2.56. The predicted molar refractivity (Wildman–Crippen MR) is 159 cm³/mol. The lowest BCUT2D eigenvalue weighted by Gasteiger charge is -2.31. The minimum absolute atomic E-state index is 0.0603. The molecule has 3 aliphatic heterocycles. The molecule has 3 saturated heterocycles. The number of halogens is 5. The number of hydrogen-bond donors (Lipinski definition) is 0. The van der Waals surface area contributed by atoms with E-state index in [0.29, 0.717) is 38.8 Å². The number of hydrogen-bond acceptors (Lipinski definition) is 7. The molecule has 8 rings (SSSR count). The molecule has 0 N–H and O–H groups in total. The van der Waals surface area contributed by atoms with Crippen molar-refractivity contribution in [3.63, 3.8) is 0 Å². The van der Waals surface area contributed by atoms with E-state index in [9.17, 15) is 8.78 Å². The zero-order chi connectivity index (χ0) is 34.5. The number of ether oxygens (including phenoxy) is 2. The van der Waals surface area contributed by atoms with E-state index < -0.39 is 60.7 Å². The Morgan fingerprint density at radius 3 is 2.80 bits per heavy atom. The van der Waals surface area contributed by atoms with Crippen LogP contribution in [0.1, 0.15) is 44.0 Å². The summed E-state index contributed by atoms with van der Waals surface area (Å²) >= 11 is 0. The van der Waals surface area contributed by atoms with Gasteiger partial charge in [0.05, 0.1) is 19.7 Å². The number of anilines is 1. The summed E-state index contributed by atoms with van der Waals surface area (Å²) in [5.74, 6) is -3.05. The van der Waals surface area contributed by atoms with Crippen LogP contribution >= 0.6 is 0 Å². The molecule has 4 aliphatic rings. The third kappa shape index (κ3) is 4.66. The quantitative estimate of drug-likeness (QED) is 0.211. The molecule has 2 aromatic heterocycles. The highest BCUT2D eigenvalue weighted by atomic mass is 19.2. The van der Waals surface area contributed by atoms with Crippen LogP contribution in [0.15, 0.2) is 36.5 Å². The fourth-order valence-electron chi connectivity index (χ4n) is 7.64. The molecule has 0 unspecified atom stereocenters. The standard InChI is InChI=1S/C33H32F5N5O2/c34-17-45-30-23(36)9-8-18-5-3-7-20(24(18)30)27-26(38)28-22(14-39-27)31(43-12-2-1-6-21-25(37)29(21)43)41-32(40-28)44-16-33-10-4-11-42(33)15-19(35)13-33/h3,5,7-9,14,19,21,25,29H,1-2,4,6,10-13,15-17H2/t19-,21+,25+,29+,33+/m1/s1/i16D2,17D2. The van der Waals surface area contributed by atoms with Crippen molar-refractivity contribution >= 4 is 27.5 Å². The highest BCUT2D eigenvalue weighted by Crippen LogP contribution is 2.48. The lowest BCUT2D eigenvalue weighted by atomic mass is 9.95. The van der Waals surface area contributed by atoms with Gasteiger partial charge in [-0.2, -0.15) is 9.97 Å². The van der Waals surface area contributed by atoms with Gasteiger partial charge < -0.3 is 14.4 Å². The molecule has 2 aromatic carbocycles. The molecule has 4 fully saturated rings. The summed E-state index contributed by atoms with van der Waals surface area (Å²) in [6.45, 7) is -5.31. The minimum Gasteiger partial charge on any atom is -0.461 e. The van der Waals surface area contributed by atoms with Crippen LogP contribution in [-0.4, -0.2) is 76.8 Å². The number of pyridine rings is 1. The maximum Gasteiger partial charge on any atom is 0.319 e. The fourth-order valence-corrected chi connectivity index (χ4v) is 7.64. The van der Waals surface area contributed by atoms with Crippen LogP contribution in [0, 0.1) is 17.6 Å². The molecule has 7 nitrogen and oxygen atoms in total. The second-order valence-corrected chi connectivity index (χ2v) is 12.3. The van der Waals surface area contributed by atoms with E-state index in [1.54, 1.807) is 9.80 Å². The summed E-state index contributed by atoms with van der Waals surface area (Å²) in [4.78, 5) is 16.7. The Balaban J connectivity index is 1.31. The average molecular weight is 630 g/mol. The largest absolute Gasteiger partial charge is 0.461 e. The second-order valence-electron chi connectivity index (χ2n) is 12.3. The summed E-state index contributed by atoms with van der Waals surface area (Å²) in [7, 11) is 0. The van der Waals surface area contributed by atoms with Crippen LogP contribution in [0.2, 0.25) is 0 Å². The van der Waals surface area contributed by atoms with E-state index in [1.165, 1.54) is 30.5 Å². The van der Waals surface area contributed by atoms with Crippen molar-refractivity contribution in [3.8, 4) is 23.0 Å². The van der Waals surface area contributed by atoms with Gasteiger partial charge in [-0.3, -0.25) is 9.88 Å². The van der Waals surface area contributed by atoms with Gasteiger partial charge in [-0.05, 0) is 43.7 Å². The molecular weight excluding hydrogens is 593 g/mol. The van der Waals surface area contributed by atoms with Gasteiger partial charge in [0.15, 0.2) is 17.4 Å². The summed E-state index contributed by atoms with van der Waals surface area (Å²) in [6, 6.07) is 5.70. The Kier molecular flexibility index (Phi) is 5.93. The molecular formula is C33H32F5N5O2. The lowest BCUT2D eigenvalue weighted by molar-refractivity contribution is 0.107. The Morgan fingerprint density at radius 1 is 1.04 bits per heavy atom. The first-order valence-electron chi connectivity index (χ1n) is 17.2. The molecule has 4 aromatic rings. The lowest BCUT2D eigenvalue weighted by Crippen LogP contribution is -2.43. The number of fused-ring (bicyclic) bond motifs is 4. The molecule has 5 heterocycles. The maximum absolute atomic E-state index is 16.9. The van der Waals surface area contributed by atoms with Gasteiger partial charge in [-0.25, -0.2) is 22.0 Å². The van der Waals surface area contributed by atoms with Crippen molar-refractivity contribution in [1.29, 1.82) is 0 Å². The van der Waals surface area contributed by atoms with Crippen LogP contribution in [0.3, 0.4) is 0 Å². The molecule has 0 amide bonds. The van der Waals surface area contributed by atoms with Crippen molar-refractivity contribution < 1.29 is 36.9 Å². The number of benzene rings is 2. The Bertz CT molecular complexity index is 1970. The second kappa shape index (κ2) is 10.9. The van der Waals surface area contributed by atoms with E-state index in [4.69, 9.17) is 15.0 Å². The van der Waals surface area contributed by atoms with Gasteiger partial charge in [-0.15, -0.1) is 0 Å². The topological polar surface area (TPSA) is 63.6 Å². The van der Waals surface area contributed by atoms with E-state index in [2.05, 4.69) is 15.0 Å². The van der Waals surface area contributed by atoms with Gasteiger partial charge in [0.2, 0.25) is 6.81 Å². The summed E-state index contributed by atoms with van der Waals surface area (Å²) < 4.78 is 119. The van der Waals surface area contributed by atoms with Gasteiger partial charge >= 0.3 is 6.01 Å². The van der Waals surface area contributed by atoms with Crippen LogP contribution in [-0.2, 0) is 0 Å². The zero-order valence-electron chi connectivity index (χ0n) is 28.1. The molecule has 236 valence electrons. The van der Waals surface area contributed by atoms with Crippen molar-refractivity contribution in [1.82, 2.24) is 19.9 Å². The monoisotopic (exact) mass is 629 g/mol.